The number of aromatic nitrogens is 3. The van der Waals surface area contributed by atoms with E-state index >= 15 is 0 Å². The standard InChI is InChI=1S/C23H20N4O2S/c1-29-21-13-19(10-11-20(21)17-7-3-2-4-8-17)26-22(28)18-9-5-6-16(12-18)14-30-23-24-15-25-27-23/h2-13,15H,14H2,1H3,(H,26,28)(H,24,25,27). The molecule has 30 heavy (non-hydrogen) atoms. The first-order valence-electron chi connectivity index (χ1n) is 9.35. The van der Waals surface area contributed by atoms with E-state index in [2.05, 4.69) is 20.5 Å². The van der Waals surface area contributed by atoms with Crippen molar-refractivity contribution in [3.05, 3.63) is 90.3 Å². The Hall–Kier alpha value is -3.58. The van der Waals surface area contributed by atoms with Crippen molar-refractivity contribution in [3.63, 3.8) is 0 Å². The molecule has 0 radical (unpaired) electrons. The van der Waals surface area contributed by atoms with E-state index in [4.69, 9.17) is 4.74 Å². The number of H-pyrrole nitrogens is 1. The predicted molar refractivity (Wildman–Crippen MR) is 119 cm³/mol. The fraction of sp³-hybridized carbons (Fsp3) is 0.0870. The van der Waals surface area contributed by atoms with Crippen molar-refractivity contribution in [1.82, 2.24) is 15.2 Å². The SMILES string of the molecule is COc1cc(NC(=O)c2cccc(CSc3ncn[nH]3)c2)ccc1-c1ccccc1. The highest BCUT2D eigenvalue weighted by Crippen LogP contribution is 2.32. The number of thioether (sulfide) groups is 1. The number of ether oxygens (including phenoxy) is 1. The van der Waals surface area contributed by atoms with Crippen LogP contribution in [-0.4, -0.2) is 28.2 Å². The van der Waals surface area contributed by atoms with Crippen LogP contribution in [-0.2, 0) is 5.75 Å². The molecule has 2 N–H and O–H groups in total. The summed E-state index contributed by atoms with van der Waals surface area (Å²) in [5.74, 6) is 1.22. The largest absolute Gasteiger partial charge is 0.496 e. The van der Waals surface area contributed by atoms with Crippen LogP contribution in [0.1, 0.15) is 15.9 Å². The van der Waals surface area contributed by atoms with Gasteiger partial charge in [0.05, 0.1) is 7.11 Å². The summed E-state index contributed by atoms with van der Waals surface area (Å²) in [5.41, 5.74) is 4.34. The Morgan fingerprint density at radius 2 is 1.93 bits per heavy atom. The topological polar surface area (TPSA) is 79.9 Å². The number of hydrogen-bond acceptors (Lipinski definition) is 5. The molecule has 4 aromatic rings. The third-order valence-corrected chi connectivity index (χ3v) is 5.45. The molecule has 6 nitrogen and oxygen atoms in total. The maximum atomic E-state index is 12.8. The Morgan fingerprint density at radius 3 is 2.70 bits per heavy atom. The fourth-order valence-electron chi connectivity index (χ4n) is 3.05. The van der Waals surface area contributed by atoms with Crippen LogP contribution in [0.25, 0.3) is 11.1 Å². The number of hydrogen-bond donors (Lipinski definition) is 2. The molecule has 1 aromatic heterocycles. The summed E-state index contributed by atoms with van der Waals surface area (Å²) in [4.78, 5) is 16.9. The van der Waals surface area contributed by atoms with Crippen molar-refractivity contribution in [2.45, 2.75) is 10.9 Å². The molecule has 0 saturated carbocycles. The lowest BCUT2D eigenvalue weighted by atomic mass is 10.0. The highest BCUT2D eigenvalue weighted by atomic mass is 32.2. The number of rotatable bonds is 7. The molecule has 0 aliphatic carbocycles. The lowest BCUT2D eigenvalue weighted by molar-refractivity contribution is 0.102. The molecule has 1 amide bonds. The number of nitrogens with one attached hydrogen (secondary N) is 2. The first-order valence-corrected chi connectivity index (χ1v) is 10.3. The molecule has 0 aliphatic rings. The maximum absolute atomic E-state index is 12.8. The summed E-state index contributed by atoms with van der Waals surface area (Å²) in [7, 11) is 1.63. The summed E-state index contributed by atoms with van der Waals surface area (Å²) in [6.45, 7) is 0. The molecule has 0 spiro atoms. The van der Waals surface area contributed by atoms with Crippen molar-refractivity contribution in [3.8, 4) is 16.9 Å². The van der Waals surface area contributed by atoms with Gasteiger partial charge < -0.3 is 10.1 Å². The minimum atomic E-state index is -0.170. The van der Waals surface area contributed by atoms with Crippen LogP contribution in [0.3, 0.4) is 0 Å². The van der Waals surface area contributed by atoms with Crippen molar-refractivity contribution in [2.24, 2.45) is 0 Å². The number of nitrogens with zero attached hydrogens (tertiary/aromatic N) is 2. The Bertz CT molecular complexity index is 1130. The van der Waals surface area contributed by atoms with Gasteiger partial charge in [-0.3, -0.25) is 9.89 Å². The number of aromatic amines is 1. The van der Waals surface area contributed by atoms with Gasteiger partial charge in [-0.05, 0) is 35.4 Å². The van der Waals surface area contributed by atoms with E-state index < -0.39 is 0 Å². The molecular weight excluding hydrogens is 396 g/mol. The van der Waals surface area contributed by atoms with Crippen LogP contribution in [0.2, 0.25) is 0 Å². The summed E-state index contributed by atoms with van der Waals surface area (Å²) in [6, 6.07) is 23.2. The molecular formula is C23H20N4O2S. The average molecular weight is 417 g/mol. The Balaban J connectivity index is 1.48. The van der Waals surface area contributed by atoms with Crippen LogP contribution < -0.4 is 10.1 Å². The molecule has 0 aliphatic heterocycles. The first kappa shape index (κ1) is 19.7. The van der Waals surface area contributed by atoms with E-state index in [0.717, 1.165) is 21.8 Å². The molecule has 7 heteroatoms. The summed E-state index contributed by atoms with van der Waals surface area (Å²) in [6.07, 6.45) is 1.48. The second kappa shape index (κ2) is 9.28. The van der Waals surface area contributed by atoms with E-state index in [1.165, 1.54) is 18.1 Å². The minimum absolute atomic E-state index is 0.170. The zero-order valence-electron chi connectivity index (χ0n) is 16.3. The number of anilines is 1. The molecule has 0 fully saturated rings. The van der Waals surface area contributed by atoms with Gasteiger partial charge in [-0.1, -0.05) is 54.2 Å². The maximum Gasteiger partial charge on any atom is 0.255 e. The third kappa shape index (κ3) is 4.69. The Morgan fingerprint density at radius 1 is 1.07 bits per heavy atom. The van der Waals surface area contributed by atoms with Crippen LogP contribution in [0.5, 0.6) is 5.75 Å². The van der Waals surface area contributed by atoms with Gasteiger partial charge in [0.1, 0.15) is 12.1 Å². The van der Waals surface area contributed by atoms with E-state index in [9.17, 15) is 4.79 Å². The number of benzene rings is 3. The summed E-state index contributed by atoms with van der Waals surface area (Å²) >= 11 is 1.53. The van der Waals surface area contributed by atoms with Gasteiger partial charge in [0.15, 0.2) is 5.16 Å². The number of carbonyl (C=O) groups excluding carboxylic acids is 1. The normalized spacial score (nSPS) is 10.6. The zero-order valence-corrected chi connectivity index (χ0v) is 17.1. The van der Waals surface area contributed by atoms with Gasteiger partial charge in [-0.15, -0.1) is 0 Å². The Labute approximate surface area is 178 Å². The smallest absolute Gasteiger partial charge is 0.255 e. The van der Waals surface area contributed by atoms with E-state index in [0.29, 0.717) is 22.8 Å². The monoisotopic (exact) mass is 416 g/mol. The first-order chi connectivity index (χ1) is 14.7. The molecule has 150 valence electrons. The molecule has 0 saturated heterocycles. The van der Waals surface area contributed by atoms with Crippen LogP contribution in [0.15, 0.2) is 84.3 Å². The number of methoxy groups -OCH3 is 1. The van der Waals surface area contributed by atoms with Gasteiger partial charge in [-0.2, -0.15) is 5.10 Å². The molecule has 3 aromatic carbocycles. The van der Waals surface area contributed by atoms with E-state index in [1.807, 2.05) is 66.7 Å². The number of amides is 1. The van der Waals surface area contributed by atoms with E-state index in [-0.39, 0.29) is 5.91 Å². The van der Waals surface area contributed by atoms with Crippen molar-refractivity contribution < 1.29 is 9.53 Å². The van der Waals surface area contributed by atoms with Gasteiger partial charge in [0.2, 0.25) is 0 Å². The lowest BCUT2D eigenvalue weighted by Gasteiger charge is -2.12. The van der Waals surface area contributed by atoms with Crippen molar-refractivity contribution in [2.75, 3.05) is 12.4 Å². The highest BCUT2D eigenvalue weighted by molar-refractivity contribution is 7.98. The summed E-state index contributed by atoms with van der Waals surface area (Å²) < 4.78 is 5.55. The third-order valence-electron chi connectivity index (χ3n) is 4.50. The zero-order chi connectivity index (χ0) is 20.8. The second-order valence-electron chi connectivity index (χ2n) is 6.51. The van der Waals surface area contributed by atoms with Crippen molar-refractivity contribution >= 4 is 23.4 Å². The quantitative estimate of drug-likeness (QED) is 0.413. The van der Waals surface area contributed by atoms with Gasteiger partial charge >= 0.3 is 0 Å². The van der Waals surface area contributed by atoms with Crippen LogP contribution in [0, 0.1) is 0 Å². The van der Waals surface area contributed by atoms with Gasteiger partial charge in [-0.25, -0.2) is 4.98 Å². The van der Waals surface area contributed by atoms with Crippen LogP contribution >= 0.6 is 11.8 Å². The fourth-order valence-corrected chi connectivity index (χ4v) is 3.77. The average Bonchev–Trinajstić information content (AvgIpc) is 3.32. The van der Waals surface area contributed by atoms with Crippen LogP contribution in [0.4, 0.5) is 5.69 Å². The predicted octanol–water partition coefficient (Wildman–Crippen LogP) is 5.02. The van der Waals surface area contributed by atoms with Crippen molar-refractivity contribution in [1.29, 1.82) is 0 Å². The van der Waals surface area contributed by atoms with E-state index in [1.54, 1.807) is 13.2 Å². The number of carbonyl (C=O) groups is 1. The molecule has 0 atom stereocenters. The van der Waals surface area contributed by atoms with Gasteiger partial charge in [0, 0.05) is 28.6 Å². The second-order valence-corrected chi connectivity index (χ2v) is 7.48. The van der Waals surface area contributed by atoms with Gasteiger partial charge in [0.25, 0.3) is 5.91 Å². The lowest BCUT2D eigenvalue weighted by Crippen LogP contribution is -2.12. The Kier molecular flexibility index (Phi) is 6.10. The summed E-state index contributed by atoms with van der Waals surface area (Å²) in [5, 5.41) is 10.4. The molecule has 4 rings (SSSR count). The molecule has 0 unspecified atom stereocenters. The molecule has 0 bridgehead atoms. The minimum Gasteiger partial charge on any atom is -0.496 e. The molecule has 1 heterocycles. The highest BCUT2D eigenvalue weighted by Gasteiger charge is 2.11.